The van der Waals surface area contributed by atoms with Gasteiger partial charge in [0.05, 0.1) is 10.5 Å². The highest BCUT2D eigenvalue weighted by atomic mass is 32.2. The Morgan fingerprint density at radius 1 is 1.11 bits per heavy atom. The maximum absolute atomic E-state index is 13.1. The van der Waals surface area contributed by atoms with E-state index in [1.54, 1.807) is 0 Å². The van der Waals surface area contributed by atoms with Crippen molar-refractivity contribution in [1.29, 1.82) is 0 Å². The molecule has 2 heterocycles. The number of hydrogen-bond acceptors (Lipinski definition) is 3. The Labute approximate surface area is 165 Å². The van der Waals surface area contributed by atoms with E-state index in [1.165, 1.54) is 10.4 Å². The fourth-order valence-corrected chi connectivity index (χ4v) is 5.97. The lowest BCUT2D eigenvalue weighted by molar-refractivity contribution is -0.137. The first-order chi connectivity index (χ1) is 13.0. The van der Waals surface area contributed by atoms with Crippen molar-refractivity contribution in [3.8, 4) is 0 Å². The van der Waals surface area contributed by atoms with Crippen LogP contribution >= 0.6 is 0 Å². The zero-order valence-corrected chi connectivity index (χ0v) is 17.5. The van der Waals surface area contributed by atoms with Gasteiger partial charge in [-0.3, -0.25) is 0 Å². The molecule has 8 heteroatoms. The van der Waals surface area contributed by atoms with Crippen LogP contribution in [0.15, 0.2) is 29.2 Å². The summed E-state index contributed by atoms with van der Waals surface area (Å²) in [6.07, 6.45) is -2.33. The van der Waals surface area contributed by atoms with E-state index < -0.39 is 21.8 Å². The third-order valence-electron chi connectivity index (χ3n) is 6.54. The van der Waals surface area contributed by atoms with Crippen LogP contribution in [0.2, 0.25) is 0 Å². The summed E-state index contributed by atoms with van der Waals surface area (Å²) in [6, 6.07) is 4.07. The molecule has 2 aliphatic rings. The number of nitrogens with zero attached hydrogens (tertiary/aromatic N) is 2. The van der Waals surface area contributed by atoms with Crippen LogP contribution in [0.3, 0.4) is 0 Å². The molecule has 2 fully saturated rings. The molecule has 0 aliphatic carbocycles. The van der Waals surface area contributed by atoms with Crippen molar-refractivity contribution in [2.75, 3.05) is 32.7 Å². The Morgan fingerprint density at radius 2 is 1.71 bits per heavy atom. The second-order valence-corrected chi connectivity index (χ2v) is 10.6. The molecule has 0 spiro atoms. The number of alkyl halides is 3. The van der Waals surface area contributed by atoms with Gasteiger partial charge < -0.3 is 4.90 Å². The zero-order valence-electron chi connectivity index (χ0n) is 16.7. The predicted molar refractivity (Wildman–Crippen MR) is 102 cm³/mol. The van der Waals surface area contributed by atoms with Gasteiger partial charge >= 0.3 is 6.18 Å². The second kappa shape index (κ2) is 7.61. The molecule has 1 aromatic carbocycles. The van der Waals surface area contributed by atoms with Gasteiger partial charge in [0.25, 0.3) is 0 Å². The predicted octanol–water partition coefficient (Wildman–Crippen LogP) is 4.08. The number of unbranched alkanes of at least 4 members (excludes halogenated alkanes) is 1. The molecule has 0 N–H and O–H groups in total. The van der Waals surface area contributed by atoms with Crippen molar-refractivity contribution in [3.63, 3.8) is 0 Å². The molecular formula is C20H29F3N2O2S. The molecule has 4 nitrogen and oxygen atoms in total. The monoisotopic (exact) mass is 418 g/mol. The molecule has 2 unspecified atom stereocenters. The zero-order chi connectivity index (χ0) is 20.7. The largest absolute Gasteiger partial charge is 0.416 e. The Balaban J connectivity index is 1.84. The third kappa shape index (κ3) is 4.09. The van der Waals surface area contributed by atoms with E-state index in [2.05, 4.69) is 25.7 Å². The maximum atomic E-state index is 13.1. The lowest BCUT2D eigenvalue weighted by atomic mass is 9.64. The number of hydrogen-bond donors (Lipinski definition) is 0. The van der Waals surface area contributed by atoms with Gasteiger partial charge in [0, 0.05) is 26.2 Å². The van der Waals surface area contributed by atoms with Crippen LogP contribution in [0.25, 0.3) is 0 Å². The minimum absolute atomic E-state index is 0.0164. The van der Waals surface area contributed by atoms with Crippen molar-refractivity contribution in [2.24, 2.45) is 17.3 Å². The summed E-state index contributed by atoms with van der Waals surface area (Å²) in [6.45, 7) is 9.91. The number of fused-ring (bicyclic) bond motifs is 2. The fourth-order valence-electron chi connectivity index (χ4n) is 4.40. The van der Waals surface area contributed by atoms with Crippen molar-refractivity contribution in [3.05, 3.63) is 29.8 Å². The van der Waals surface area contributed by atoms with Gasteiger partial charge in [-0.15, -0.1) is 0 Å². The minimum atomic E-state index is -4.56. The molecule has 0 saturated carbocycles. The molecule has 2 bridgehead atoms. The summed E-state index contributed by atoms with van der Waals surface area (Å²) in [5.41, 5.74) is -0.917. The summed E-state index contributed by atoms with van der Waals surface area (Å²) >= 11 is 0. The quantitative estimate of drug-likeness (QED) is 0.723. The molecule has 2 aliphatic heterocycles. The summed E-state index contributed by atoms with van der Waals surface area (Å²) in [5, 5.41) is 0. The molecule has 2 atom stereocenters. The van der Waals surface area contributed by atoms with Crippen LogP contribution in [0.1, 0.15) is 39.2 Å². The molecule has 3 rings (SSSR count). The maximum Gasteiger partial charge on any atom is 0.416 e. The summed E-state index contributed by atoms with van der Waals surface area (Å²) < 4.78 is 66.7. The lowest BCUT2D eigenvalue weighted by Gasteiger charge is -2.55. The van der Waals surface area contributed by atoms with Crippen molar-refractivity contribution >= 4 is 10.0 Å². The Bertz CT molecular complexity index is 790. The number of likely N-dealkylation sites (tertiary alicyclic amines) is 1. The van der Waals surface area contributed by atoms with Gasteiger partial charge in [-0.05, 0) is 48.4 Å². The lowest BCUT2D eigenvalue weighted by Crippen LogP contribution is -2.62. The van der Waals surface area contributed by atoms with E-state index in [1.807, 2.05) is 0 Å². The molecule has 28 heavy (non-hydrogen) atoms. The number of rotatable bonds is 5. The van der Waals surface area contributed by atoms with E-state index in [0.29, 0.717) is 13.1 Å². The van der Waals surface area contributed by atoms with Gasteiger partial charge in [-0.25, -0.2) is 8.42 Å². The fraction of sp³-hybridized carbons (Fsp3) is 0.700. The first-order valence-corrected chi connectivity index (χ1v) is 11.3. The van der Waals surface area contributed by atoms with Gasteiger partial charge in [0.2, 0.25) is 10.0 Å². The Kier molecular flexibility index (Phi) is 5.87. The first-order valence-electron chi connectivity index (χ1n) is 9.86. The van der Waals surface area contributed by atoms with E-state index in [4.69, 9.17) is 0 Å². The molecule has 0 radical (unpaired) electrons. The molecule has 1 aromatic rings. The summed E-state index contributed by atoms with van der Waals surface area (Å²) in [4.78, 5) is 2.14. The third-order valence-corrected chi connectivity index (χ3v) is 8.36. The highest BCUT2D eigenvalue weighted by molar-refractivity contribution is 7.89. The van der Waals surface area contributed by atoms with Crippen LogP contribution in [0.5, 0.6) is 0 Å². The summed E-state index contributed by atoms with van der Waals surface area (Å²) in [7, 11) is -3.96. The Hall–Kier alpha value is -1.12. The van der Waals surface area contributed by atoms with E-state index in [9.17, 15) is 21.6 Å². The smallest absolute Gasteiger partial charge is 0.303 e. The SMILES string of the molecule is CCCCN1CC2CN(S(=O)(=O)c3cccc(C(F)(F)F)c3)CC(C1)C2(C)C. The van der Waals surface area contributed by atoms with E-state index in [-0.39, 0.29) is 22.1 Å². The number of sulfonamides is 1. The Morgan fingerprint density at radius 3 is 2.25 bits per heavy atom. The standard InChI is InChI=1S/C20H29F3N2O2S/c1-4-5-9-24-11-16-13-25(14-17(12-24)19(16,2)3)28(26,27)18-8-6-7-15(10-18)20(21,22)23/h6-8,10,16-17H,4-5,9,11-14H2,1-3H3. The second-order valence-electron chi connectivity index (χ2n) is 8.68. The van der Waals surface area contributed by atoms with Crippen LogP contribution < -0.4 is 0 Å². The van der Waals surface area contributed by atoms with Crippen LogP contribution in [-0.4, -0.2) is 50.3 Å². The molecular weight excluding hydrogens is 389 g/mol. The summed E-state index contributed by atoms with van der Waals surface area (Å²) in [5.74, 6) is 0.329. The van der Waals surface area contributed by atoms with Crippen LogP contribution in [-0.2, 0) is 16.2 Å². The van der Waals surface area contributed by atoms with Crippen molar-refractivity contribution in [2.45, 2.75) is 44.7 Å². The highest BCUT2D eigenvalue weighted by Crippen LogP contribution is 2.45. The molecule has 158 valence electrons. The first kappa shape index (κ1) is 21.6. The topological polar surface area (TPSA) is 40.6 Å². The van der Waals surface area contributed by atoms with Crippen molar-refractivity contribution < 1.29 is 21.6 Å². The molecule has 0 amide bonds. The van der Waals surface area contributed by atoms with E-state index >= 15 is 0 Å². The highest BCUT2D eigenvalue weighted by Gasteiger charge is 2.50. The minimum Gasteiger partial charge on any atom is -0.303 e. The van der Waals surface area contributed by atoms with Gasteiger partial charge in [-0.1, -0.05) is 33.3 Å². The van der Waals surface area contributed by atoms with Crippen LogP contribution in [0.4, 0.5) is 13.2 Å². The van der Waals surface area contributed by atoms with Crippen molar-refractivity contribution in [1.82, 2.24) is 9.21 Å². The number of piperidine rings is 2. The van der Waals surface area contributed by atoms with Gasteiger partial charge in [0.15, 0.2) is 0 Å². The number of halogens is 3. The van der Waals surface area contributed by atoms with Gasteiger partial charge in [-0.2, -0.15) is 17.5 Å². The average molecular weight is 419 g/mol. The normalized spacial score (nSPS) is 26.4. The molecule has 2 saturated heterocycles. The van der Waals surface area contributed by atoms with Crippen LogP contribution in [0, 0.1) is 17.3 Å². The number of benzene rings is 1. The van der Waals surface area contributed by atoms with Gasteiger partial charge in [0.1, 0.15) is 0 Å². The average Bonchev–Trinajstić information content (AvgIpc) is 2.59. The van der Waals surface area contributed by atoms with E-state index in [0.717, 1.165) is 50.7 Å². The molecule has 0 aromatic heterocycles.